The van der Waals surface area contributed by atoms with Crippen molar-refractivity contribution in [2.45, 2.75) is 13.0 Å². The van der Waals surface area contributed by atoms with Gasteiger partial charge in [-0.2, -0.15) is 0 Å². The zero-order valence-corrected chi connectivity index (χ0v) is 9.39. The van der Waals surface area contributed by atoms with Crippen LogP contribution in [-0.4, -0.2) is 4.98 Å². The molecule has 0 amide bonds. The third kappa shape index (κ3) is 1.96. The Hall–Kier alpha value is -1.33. The van der Waals surface area contributed by atoms with Gasteiger partial charge in [-0.3, -0.25) is 0 Å². The molecular weight excluding hydrogens is 230 g/mol. The van der Waals surface area contributed by atoms with Gasteiger partial charge in [0.2, 0.25) is 0 Å². The molecule has 1 aromatic carbocycles. The first-order chi connectivity index (χ1) is 7.59. The van der Waals surface area contributed by atoms with Crippen LogP contribution in [0, 0.1) is 11.6 Å². The lowest BCUT2D eigenvalue weighted by molar-refractivity contribution is 0.511. The van der Waals surface area contributed by atoms with Gasteiger partial charge in [0.15, 0.2) is 11.6 Å². The van der Waals surface area contributed by atoms with Crippen LogP contribution in [0.2, 0.25) is 0 Å². The third-order valence-electron chi connectivity index (χ3n) is 2.14. The van der Waals surface area contributed by atoms with Crippen LogP contribution in [0.25, 0.3) is 11.3 Å². The van der Waals surface area contributed by atoms with Crippen LogP contribution in [0.1, 0.15) is 18.0 Å². The van der Waals surface area contributed by atoms with Crippen molar-refractivity contribution < 1.29 is 8.78 Å². The molecule has 2 rings (SSSR count). The lowest BCUT2D eigenvalue weighted by Crippen LogP contribution is -2.04. The zero-order valence-electron chi connectivity index (χ0n) is 8.58. The number of benzene rings is 1. The molecule has 0 aliphatic rings. The minimum atomic E-state index is -0.871. The van der Waals surface area contributed by atoms with Crippen molar-refractivity contribution in [2.24, 2.45) is 5.73 Å². The number of hydrogen-bond donors (Lipinski definition) is 1. The fourth-order valence-electron chi connectivity index (χ4n) is 1.32. The van der Waals surface area contributed by atoms with Crippen LogP contribution in [0.5, 0.6) is 0 Å². The van der Waals surface area contributed by atoms with Crippen LogP contribution >= 0.6 is 11.3 Å². The number of halogens is 2. The van der Waals surface area contributed by atoms with E-state index >= 15 is 0 Å². The Bertz CT molecular complexity index is 508. The SMILES string of the molecule is CC(N)c1nc(-c2cccc(F)c2F)cs1. The van der Waals surface area contributed by atoms with E-state index in [9.17, 15) is 8.78 Å². The average Bonchev–Trinajstić information content (AvgIpc) is 2.71. The van der Waals surface area contributed by atoms with Crippen LogP contribution < -0.4 is 5.73 Å². The topological polar surface area (TPSA) is 38.9 Å². The smallest absolute Gasteiger partial charge is 0.168 e. The van der Waals surface area contributed by atoms with Gasteiger partial charge in [0.25, 0.3) is 0 Å². The molecule has 1 unspecified atom stereocenters. The van der Waals surface area contributed by atoms with Gasteiger partial charge < -0.3 is 5.73 Å². The normalized spacial score (nSPS) is 12.8. The van der Waals surface area contributed by atoms with Gasteiger partial charge in [0.05, 0.1) is 11.7 Å². The van der Waals surface area contributed by atoms with Crippen LogP contribution in [0.4, 0.5) is 8.78 Å². The standard InChI is InChI=1S/C11H10F2N2S/c1-6(14)11-15-9(5-16-11)7-3-2-4-8(12)10(7)13/h2-6H,14H2,1H3. The number of nitrogens with zero attached hydrogens (tertiary/aromatic N) is 1. The largest absolute Gasteiger partial charge is 0.322 e. The molecule has 2 N–H and O–H groups in total. The van der Waals surface area contributed by atoms with E-state index in [1.54, 1.807) is 12.3 Å². The Morgan fingerprint density at radius 1 is 1.38 bits per heavy atom. The molecule has 1 heterocycles. The van der Waals surface area contributed by atoms with Crippen molar-refractivity contribution in [3.05, 3.63) is 40.2 Å². The number of hydrogen-bond acceptors (Lipinski definition) is 3. The van der Waals surface area contributed by atoms with Crippen molar-refractivity contribution in [2.75, 3.05) is 0 Å². The van der Waals surface area contributed by atoms with Crippen molar-refractivity contribution in [1.29, 1.82) is 0 Å². The van der Waals surface area contributed by atoms with Gasteiger partial charge in [-0.15, -0.1) is 11.3 Å². The summed E-state index contributed by atoms with van der Waals surface area (Å²) in [6.07, 6.45) is 0. The number of thiazole rings is 1. The lowest BCUT2D eigenvalue weighted by Gasteiger charge is -2.00. The Morgan fingerprint density at radius 2 is 2.12 bits per heavy atom. The summed E-state index contributed by atoms with van der Waals surface area (Å²) in [5, 5.41) is 2.38. The number of rotatable bonds is 2. The van der Waals surface area contributed by atoms with Gasteiger partial charge in [-0.25, -0.2) is 13.8 Å². The average molecular weight is 240 g/mol. The molecular formula is C11H10F2N2S. The molecule has 84 valence electrons. The molecule has 2 aromatic rings. The van der Waals surface area contributed by atoms with Crippen LogP contribution in [0.15, 0.2) is 23.6 Å². The van der Waals surface area contributed by atoms with E-state index in [1.807, 2.05) is 0 Å². The predicted octanol–water partition coefficient (Wildman–Crippen LogP) is 3.11. The Kier molecular flexibility index (Phi) is 2.98. The molecule has 0 saturated heterocycles. The molecule has 2 nitrogen and oxygen atoms in total. The fraction of sp³-hybridized carbons (Fsp3) is 0.182. The maximum atomic E-state index is 13.5. The summed E-state index contributed by atoms with van der Waals surface area (Å²) in [5.41, 5.74) is 6.25. The molecule has 0 spiro atoms. The highest BCUT2D eigenvalue weighted by Gasteiger charge is 2.13. The van der Waals surface area contributed by atoms with E-state index < -0.39 is 11.6 Å². The van der Waals surface area contributed by atoms with Gasteiger partial charge in [0, 0.05) is 10.9 Å². The van der Waals surface area contributed by atoms with Crippen molar-refractivity contribution in [3.8, 4) is 11.3 Å². The summed E-state index contributed by atoms with van der Waals surface area (Å²) < 4.78 is 26.5. The van der Waals surface area contributed by atoms with E-state index in [0.29, 0.717) is 10.7 Å². The van der Waals surface area contributed by atoms with Crippen LogP contribution in [-0.2, 0) is 0 Å². The molecule has 1 atom stereocenters. The molecule has 0 fully saturated rings. The Balaban J connectivity index is 2.47. The summed E-state index contributed by atoms with van der Waals surface area (Å²) in [7, 11) is 0. The molecule has 0 aliphatic carbocycles. The van der Waals surface area contributed by atoms with E-state index in [0.717, 1.165) is 6.07 Å². The summed E-state index contributed by atoms with van der Waals surface area (Å²) in [5.74, 6) is -1.74. The Labute approximate surface area is 95.7 Å². The molecule has 16 heavy (non-hydrogen) atoms. The molecule has 0 aliphatic heterocycles. The molecule has 0 bridgehead atoms. The highest BCUT2D eigenvalue weighted by molar-refractivity contribution is 7.10. The summed E-state index contributed by atoms with van der Waals surface area (Å²) in [6, 6.07) is 3.84. The number of nitrogens with two attached hydrogens (primary N) is 1. The minimum absolute atomic E-state index is 0.170. The molecule has 0 saturated carbocycles. The van der Waals surface area contributed by atoms with Gasteiger partial charge in [0.1, 0.15) is 5.01 Å². The second kappa shape index (κ2) is 4.27. The quantitative estimate of drug-likeness (QED) is 0.876. The van der Waals surface area contributed by atoms with Gasteiger partial charge in [-0.1, -0.05) is 6.07 Å². The second-order valence-corrected chi connectivity index (χ2v) is 4.35. The van der Waals surface area contributed by atoms with E-state index in [2.05, 4.69) is 4.98 Å². The maximum absolute atomic E-state index is 13.5. The highest BCUT2D eigenvalue weighted by Crippen LogP contribution is 2.27. The highest BCUT2D eigenvalue weighted by atomic mass is 32.1. The van der Waals surface area contributed by atoms with E-state index in [1.165, 1.54) is 23.5 Å². The Morgan fingerprint density at radius 3 is 2.75 bits per heavy atom. The lowest BCUT2D eigenvalue weighted by atomic mass is 10.1. The summed E-state index contributed by atoms with van der Waals surface area (Å²) >= 11 is 1.34. The van der Waals surface area contributed by atoms with E-state index in [4.69, 9.17) is 5.73 Å². The van der Waals surface area contributed by atoms with Crippen molar-refractivity contribution in [1.82, 2.24) is 4.98 Å². The second-order valence-electron chi connectivity index (χ2n) is 3.46. The molecule has 1 aromatic heterocycles. The van der Waals surface area contributed by atoms with Gasteiger partial charge >= 0.3 is 0 Å². The van der Waals surface area contributed by atoms with Crippen molar-refractivity contribution in [3.63, 3.8) is 0 Å². The molecule has 0 radical (unpaired) electrons. The zero-order chi connectivity index (χ0) is 11.7. The summed E-state index contributed by atoms with van der Waals surface area (Å²) in [6.45, 7) is 1.80. The van der Waals surface area contributed by atoms with E-state index in [-0.39, 0.29) is 11.6 Å². The summed E-state index contributed by atoms with van der Waals surface area (Å²) in [4.78, 5) is 4.17. The third-order valence-corrected chi connectivity index (χ3v) is 3.18. The maximum Gasteiger partial charge on any atom is 0.168 e. The monoisotopic (exact) mass is 240 g/mol. The fourth-order valence-corrected chi connectivity index (χ4v) is 2.10. The first-order valence-electron chi connectivity index (χ1n) is 4.75. The predicted molar refractivity (Wildman–Crippen MR) is 60.1 cm³/mol. The molecule has 5 heteroatoms. The first kappa shape index (κ1) is 11.2. The first-order valence-corrected chi connectivity index (χ1v) is 5.63. The van der Waals surface area contributed by atoms with Gasteiger partial charge in [-0.05, 0) is 19.1 Å². The van der Waals surface area contributed by atoms with Crippen molar-refractivity contribution >= 4 is 11.3 Å². The number of aromatic nitrogens is 1. The van der Waals surface area contributed by atoms with Crippen LogP contribution in [0.3, 0.4) is 0 Å². The minimum Gasteiger partial charge on any atom is -0.322 e.